The van der Waals surface area contributed by atoms with E-state index in [1.807, 2.05) is 54.6 Å². The van der Waals surface area contributed by atoms with Crippen LogP contribution in [0.1, 0.15) is 27.8 Å². The van der Waals surface area contributed by atoms with Crippen LogP contribution in [0.15, 0.2) is 164 Å². The first-order valence-electron chi connectivity index (χ1n) is 16.6. The van der Waals surface area contributed by atoms with Gasteiger partial charge in [-0.15, -0.1) is 0 Å². The van der Waals surface area contributed by atoms with Gasteiger partial charge in [-0.2, -0.15) is 5.26 Å². The van der Waals surface area contributed by atoms with Gasteiger partial charge >= 0.3 is 0 Å². The average Bonchev–Trinajstić information content (AvgIpc) is 3.53. The van der Waals surface area contributed by atoms with Gasteiger partial charge in [-0.1, -0.05) is 97.1 Å². The van der Waals surface area contributed by atoms with Crippen LogP contribution in [-0.2, 0) is 5.41 Å². The highest BCUT2D eigenvalue weighted by Crippen LogP contribution is 2.57. The van der Waals surface area contributed by atoms with E-state index in [1.54, 1.807) is 0 Å². The van der Waals surface area contributed by atoms with Gasteiger partial charge in [-0.25, -0.2) is 9.69 Å². The van der Waals surface area contributed by atoms with Crippen LogP contribution >= 0.6 is 0 Å². The summed E-state index contributed by atoms with van der Waals surface area (Å²) in [5.74, 6) is 0. The minimum atomic E-state index is -0.648. The van der Waals surface area contributed by atoms with Crippen molar-refractivity contribution in [1.29, 1.82) is 5.26 Å². The van der Waals surface area contributed by atoms with Crippen molar-refractivity contribution in [3.8, 4) is 11.8 Å². The van der Waals surface area contributed by atoms with Crippen LogP contribution in [0, 0.1) is 24.5 Å². The summed E-state index contributed by atoms with van der Waals surface area (Å²) in [5, 5.41) is 11.6. The number of anilines is 3. The molecule has 0 atom stereocenters. The van der Waals surface area contributed by atoms with Crippen molar-refractivity contribution < 1.29 is 0 Å². The zero-order valence-electron chi connectivity index (χ0n) is 27.3. The third kappa shape index (κ3) is 4.38. The number of nitriles is 1. The fourth-order valence-electron chi connectivity index (χ4n) is 7.98. The van der Waals surface area contributed by atoms with Crippen LogP contribution < -0.4 is 4.90 Å². The van der Waals surface area contributed by atoms with Crippen LogP contribution in [-0.4, -0.2) is 4.57 Å². The normalized spacial score (nSPS) is 12.8. The summed E-state index contributed by atoms with van der Waals surface area (Å²) in [5.41, 5.74) is 11.7. The van der Waals surface area contributed by atoms with E-state index in [1.165, 1.54) is 0 Å². The molecule has 0 spiro atoms. The van der Waals surface area contributed by atoms with E-state index >= 15 is 0 Å². The lowest BCUT2D eigenvalue weighted by Crippen LogP contribution is -2.37. The molecule has 2 heterocycles. The van der Waals surface area contributed by atoms with Crippen LogP contribution in [0.3, 0.4) is 0 Å². The van der Waals surface area contributed by atoms with Gasteiger partial charge in [0.15, 0.2) is 11.4 Å². The summed E-state index contributed by atoms with van der Waals surface area (Å²) in [6.45, 7) is 15.3. The number of aromatic nitrogens is 1. The second-order valence-corrected chi connectivity index (χ2v) is 12.7. The van der Waals surface area contributed by atoms with Crippen molar-refractivity contribution in [2.24, 2.45) is 0 Å². The van der Waals surface area contributed by atoms with E-state index in [0.29, 0.717) is 16.9 Å². The molecule has 0 saturated heterocycles. The van der Waals surface area contributed by atoms with Gasteiger partial charge in [0, 0.05) is 11.4 Å². The Morgan fingerprint density at radius 3 is 1.61 bits per heavy atom. The van der Waals surface area contributed by atoms with Gasteiger partial charge in [-0.3, -0.25) is 0 Å². The van der Waals surface area contributed by atoms with Crippen LogP contribution in [0.4, 0.5) is 28.4 Å². The third-order valence-electron chi connectivity index (χ3n) is 10.1. The van der Waals surface area contributed by atoms with Crippen molar-refractivity contribution >= 4 is 50.2 Å². The molecule has 0 bridgehead atoms. The Hall–Kier alpha value is -7.39. The predicted octanol–water partition coefficient (Wildman–Crippen LogP) is 11.9. The summed E-state index contributed by atoms with van der Waals surface area (Å²) in [6, 6.07) is 58.3. The first-order valence-corrected chi connectivity index (χ1v) is 16.6. The summed E-state index contributed by atoms with van der Waals surface area (Å²) in [4.78, 5) is 9.74. The van der Waals surface area contributed by atoms with E-state index in [9.17, 15) is 5.26 Å². The first kappa shape index (κ1) is 29.7. The minimum absolute atomic E-state index is 0.564. The Morgan fingerprint density at radius 1 is 0.510 bits per heavy atom. The molecule has 1 aliphatic rings. The second kappa shape index (κ2) is 11.6. The predicted molar refractivity (Wildman–Crippen MR) is 205 cm³/mol. The van der Waals surface area contributed by atoms with E-state index in [4.69, 9.17) is 13.1 Å². The number of rotatable bonds is 4. The fourth-order valence-corrected chi connectivity index (χ4v) is 7.98. The second-order valence-electron chi connectivity index (χ2n) is 12.7. The molecule has 0 radical (unpaired) electrons. The van der Waals surface area contributed by atoms with E-state index in [-0.39, 0.29) is 0 Å². The zero-order valence-corrected chi connectivity index (χ0v) is 27.3. The molecule has 1 aliphatic heterocycles. The lowest BCUT2D eigenvalue weighted by atomic mass is 9.62. The highest BCUT2D eigenvalue weighted by Gasteiger charge is 2.46. The number of hydrogen-bond donors (Lipinski definition) is 0. The standard InChI is InChI=1S/C46H27N5/c1-48-34-23-25-42-38(27-34)39-28-35(49-2)24-26-43(39)50(42)36-13-10-14-37(29-36)51-44-17-8-6-15-40(44)46(32-11-4-3-5-12-32,41-16-7-9-18-45(41)51)33-21-19-31(30-47)20-22-33/h3-29H. The molecule has 51 heavy (non-hydrogen) atoms. The van der Waals surface area contributed by atoms with Gasteiger partial charge in [0.05, 0.1) is 52.6 Å². The molecule has 0 unspecified atom stereocenters. The molecule has 8 aromatic rings. The van der Waals surface area contributed by atoms with Crippen LogP contribution in [0.5, 0.6) is 0 Å². The Kier molecular flexibility index (Phi) is 6.78. The number of para-hydroxylation sites is 2. The molecule has 0 saturated carbocycles. The van der Waals surface area contributed by atoms with Crippen LogP contribution in [0.25, 0.3) is 37.2 Å². The molecule has 0 amide bonds. The highest BCUT2D eigenvalue weighted by molar-refractivity contribution is 6.11. The Morgan fingerprint density at radius 2 is 1.04 bits per heavy atom. The number of benzene rings is 7. The Balaban J connectivity index is 1.31. The quantitative estimate of drug-likeness (QED) is 0.178. The number of nitrogens with zero attached hydrogens (tertiary/aromatic N) is 5. The molecule has 0 fully saturated rings. The highest BCUT2D eigenvalue weighted by atomic mass is 15.2. The summed E-state index contributed by atoms with van der Waals surface area (Å²) in [7, 11) is 0. The topological polar surface area (TPSA) is 40.7 Å². The Labute approximate surface area is 295 Å². The largest absolute Gasteiger partial charge is 0.310 e. The SMILES string of the molecule is [C-]#[N+]c1ccc2c(c1)c1cc([N+]#[C-])ccc1n2-c1cccc(N2c3ccccc3C(c3ccccc3)(c3ccc(C#N)cc3)c3ccccc32)c1. The van der Waals surface area contributed by atoms with E-state index in [2.05, 4.69) is 134 Å². The third-order valence-corrected chi connectivity index (χ3v) is 10.1. The first-order chi connectivity index (χ1) is 25.1. The van der Waals surface area contributed by atoms with E-state index in [0.717, 1.165) is 66.8 Å². The molecule has 0 aliphatic carbocycles. The van der Waals surface area contributed by atoms with Crippen molar-refractivity contribution in [2.75, 3.05) is 4.90 Å². The number of hydrogen-bond acceptors (Lipinski definition) is 2. The maximum absolute atomic E-state index is 9.67. The number of fused-ring (bicyclic) bond motifs is 5. The van der Waals surface area contributed by atoms with Gasteiger partial charge in [-0.05, 0) is 99.8 Å². The van der Waals surface area contributed by atoms with Crippen molar-refractivity contribution in [1.82, 2.24) is 4.57 Å². The maximum Gasteiger partial charge on any atom is 0.188 e. The molecule has 5 heteroatoms. The summed E-state index contributed by atoms with van der Waals surface area (Å²) >= 11 is 0. The van der Waals surface area contributed by atoms with Crippen LogP contribution in [0.2, 0.25) is 0 Å². The lowest BCUT2D eigenvalue weighted by Gasteiger charge is -2.46. The smallest absolute Gasteiger partial charge is 0.188 e. The molecule has 0 N–H and O–H groups in total. The molecule has 9 rings (SSSR count). The van der Waals surface area contributed by atoms with Gasteiger partial charge in [0.2, 0.25) is 0 Å². The minimum Gasteiger partial charge on any atom is -0.310 e. The maximum atomic E-state index is 9.67. The van der Waals surface area contributed by atoms with Gasteiger partial charge in [0.25, 0.3) is 0 Å². The zero-order chi connectivity index (χ0) is 34.5. The van der Waals surface area contributed by atoms with Gasteiger partial charge < -0.3 is 9.47 Å². The van der Waals surface area contributed by atoms with Gasteiger partial charge in [0.1, 0.15) is 0 Å². The molecule has 1 aromatic heterocycles. The molecule has 7 aromatic carbocycles. The van der Waals surface area contributed by atoms with Crippen molar-refractivity contribution in [3.05, 3.63) is 214 Å². The molecular weight excluding hydrogens is 623 g/mol. The molecule has 236 valence electrons. The Bertz CT molecular complexity index is 2670. The molecule has 5 nitrogen and oxygen atoms in total. The van der Waals surface area contributed by atoms with Crippen molar-refractivity contribution in [2.45, 2.75) is 5.41 Å². The monoisotopic (exact) mass is 649 g/mol. The molecular formula is C46H27N5. The fraction of sp³-hybridized carbons (Fsp3) is 0.0217. The lowest BCUT2D eigenvalue weighted by molar-refractivity contribution is 0.731. The summed E-state index contributed by atoms with van der Waals surface area (Å²) < 4.78 is 2.22. The average molecular weight is 650 g/mol. The van der Waals surface area contributed by atoms with E-state index < -0.39 is 5.41 Å². The van der Waals surface area contributed by atoms with Crippen molar-refractivity contribution in [3.63, 3.8) is 0 Å². The summed E-state index contributed by atoms with van der Waals surface area (Å²) in [6.07, 6.45) is 0.